The minimum absolute atomic E-state index is 0.0147. The molecule has 17 heteroatoms. The Hall–Kier alpha value is -5.03. The number of nitrogens with one attached hydrogen (secondary N) is 2. The number of amides is 3. The van der Waals surface area contributed by atoms with Crippen LogP contribution in [0.2, 0.25) is 0 Å². The number of ether oxygens (including phenoxy) is 1. The number of allylic oxidation sites excluding steroid dienone is 2. The first-order valence-corrected chi connectivity index (χ1v) is 14.7. The number of likely N-dealkylation sites (N-methyl/N-ethyl adjacent to an activating group) is 1. The monoisotopic (exact) mass is 677 g/mol. The lowest BCUT2D eigenvalue weighted by Gasteiger charge is -2.51. The van der Waals surface area contributed by atoms with Crippen LogP contribution < -0.4 is 21.1 Å². The number of aliphatic hydroxyl groups excluding tert-OH is 3. The SMILES string of the molecule is CN(C)C1=C2C[C@H]3C[C@H]4[C@H](N(C)C)C(=O)C(C(N)=O)=C(O)[C@@]4(O)C(O)=C3C(O)=C2C(=O)C(NC(=O)Nc2ccc(OC(F)(F)F)cc2)C1. The van der Waals surface area contributed by atoms with Crippen molar-refractivity contribution in [3.05, 3.63) is 69.5 Å². The maximum Gasteiger partial charge on any atom is 0.573 e. The molecule has 0 aromatic heterocycles. The second kappa shape index (κ2) is 11.9. The second-order valence-corrected chi connectivity index (χ2v) is 12.5. The van der Waals surface area contributed by atoms with Gasteiger partial charge in [0.15, 0.2) is 17.2 Å². The molecule has 4 aliphatic rings. The first-order valence-electron chi connectivity index (χ1n) is 14.7. The number of fused-ring (bicyclic) bond motifs is 3. The molecule has 3 amide bonds. The quantitative estimate of drug-likeness (QED) is 0.216. The molecule has 5 atom stereocenters. The van der Waals surface area contributed by atoms with Crippen LogP contribution in [0, 0.1) is 11.8 Å². The Bertz CT molecular complexity index is 1730. The van der Waals surface area contributed by atoms with Crippen molar-refractivity contribution < 1.29 is 57.5 Å². The van der Waals surface area contributed by atoms with Crippen molar-refractivity contribution in [1.82, 2.24) is 15.1 Å². The highest BCUT2D eigenvalue weighted by Gasteiger charge is 2.62. The predicted molar refractivity (Wildman–Crippen MR) is 161 cm³/mol. The Morgan fingerprint density at radius 3 is 2.17 bits per heavy atom. The summed E-state index contributed by atoms with van der Waals surface area (Å²) in [7, 11) is 6.41. The minimum Gasteiger partial charge on any atom is -0.508 e. The molecule has 5 rings (SSSR count). The van der Waals surface area contributed by atoms with Gasteiger partial charge in [0.05, 0.1) is 17.7 Å². The largest absolute Gasteiger partial charge is 0.573 e. The number of Topliss-reactive ketones (excluding diaryl/α,β-unsaturated/α-hetero) is 2. The zero-order valence-electron chi connectivity index (χ0n) is 26.2. The standard InChI is InChI=1S/C31H34F3N5O9/c1-38(2)18-11-17(37-29(46)36-13-5-7-14(8-6-13)48-31(32,33)34)23(40)20-15(18)9-12-10-16-22(39(3)4)25(42)21(28(35)45)27(44)30(16,47)26(43)19(12)24(20)41/h5-8,12,16-17,22,41,43-44,47H,9-11H2,1-4H3,(H2,35,45)(H2,36,37,46)/t12-,16-,17?,22-,30-/m0/s1. The third-order valence-electron chi connectivity index (χ3n) is 9.14. The van der Waals surface area contributed by atoms with E-state index in [2.05, 4.69) is 15.4 Å². The highest BCUT2D eigenvalue weighted by molar-refractivity contribution is 6.22. The summed E-state index contributed by atoms with van der Waals surface area (Å²) in [5.74, 6) is -8.17. The van der Waals surface area contributed by atoms with Crippen LogP contribution in [0.5, 0.6) is 5.75 Å². The van der Waals surface area contributed by atoms with Crippen molar-refractivity contribution >= 4 is 29.2 Å². The number of urea groups is 1. The number of carbonyl (C=O) groups excluding carboxylic acids is 4. The Labute approximate surface area is 271 Å². The van der Waals surface area contributed by atoms with Gasteiger partial charge < -0.3 is 46.4 Å². The van der Waals surface area contributed by atoms with Crippen LogP contribution in [0.25, 0.3) is 0 Å². The van der Waals surface area contributed by atoms with Gasteiger partial charge in [-0.25, -0.2) is 4.79 Å². The van der Waals surface area contributed by atoms with Gasteiger partial charge in [-0.1, -0.05) is 0 Å². The lowest BCUT2D eigenvalue weighted by molar-refractivity contribution is -0.274. The van der Waals surface area contributed by atoms with Gasteiger partial charge in [-0.05, 0) is 62.7 Å². The van der Waals surface area contributed by atoms with Crippen molar-refractivity contribution in [3.8, 4) is 5.75 Å². The lowest BCUT2D eigenvalue weighted by Crippen LogP contribution is -2.62. The predicted octanol–water partition coefficient (Wildman–Crippen LogP) is 2.07. The molecular formula is C31H34F3N5O9. The number of aliphatic hydroxyl groups is 4. The highest BCUT2D eigenvalue weighted by atomic mass is 19.4. The smallest absolute Gasteiger partial charge is 0.508 e. The van der Waals surface area contributed by atoms with Crippen molar-refractivity contribution in [2.75, 3.05) is 33.5 Å². The molecule has 0 fully saturated rings. The fourth-order valence-electron chi connectivity index (χ4n) is 7.15. The number of hydrogen-bond acceptors (Lipinski definition) is 11. The number of benzene rings is 1. The highest BCUT2D eigenvalue weighted by Crippen LogP contribution is 2.55. The van der Waals surface area contributed by atoms with Crippen LogP contribution in [-0.2, 0) is 14.4 Å². The number of hydrogen-bond donors (Lipinski definition) is 7. The molecule has 48 heavy (non-hydrogen) atoms. The molecule has 0 saturated carbocycles. The molecule has 0 heterocycles. The van der Waals surface area contributed by atoms with Crippen molar-refractivity contribution in [2.24, 2.45) is 17.6 Å². The number of anilines is 1. The second-order valence-electron chi connectivity index (χ2n) is 12.5. The zero-order chi connectivity index (χ0) is 35.6. The number of ketones is 2. The van der Waals surface area contributed by atoms with E-state index in [-0.39, 0.29) is 36.1 Å². The van der Waals surface area contributed by atoms with Gasteiger partial charge in [-0.3, -0.25) is 19.3 Å². The topological polar surface area (TPSA) is 215 Å². The summed E-state index contributed by atoms with van der Waals surface area (Å²) in [4.78, 5) is 55.4. The summed E-state index contributed by atoms with van der Waals surface area (Å²) in [5.41, 5.74) is 2.29. The first kappa shape index (κ1) is 34.3. The van der Waals surface area contributed by atoms with E-state index in [0.717, 1.165) is 24.3 Å². The van der Waals surface area contributed by atoms with Gasteiger partial charge in [-0.2, -0.15) is 0 Å². The summed E-state index contributed by atoms with van der Waals surface area (Å²) in [6.07, 6.45) is -4.91. The van der Waals surface area contributed by atoms with Crippen LogP contribution >= 0.6 is 0 Å². The van der Waals surface area contributed by atoms with Gasteiger partial charge >= 0.3 is 12.4 Å². The first-order chi connectivity index (χ1) is 22.3. The fraction of sp³-hybridized carbons (Fsp3) is 0.419. The maximum atomic E-state index is 13.9. The van der Waals surface area contributed by atoms with Crippen LogP contribution in [-0.4, -0.2) is 106 Å². The number of nitrogens with two attached hydrogens (primary N) is 1. The third kappa shape index (κ3) is 5.61. The molecular weight excluding hydrogens is 643 g/mol. The summed E-state index contributed by atoms with van der Waals surface area (Å²) in [6, 6.07) is 0.953. The van der Waals surface area contributed by atoms with E-state index in [1.54, 1.807) is 19.0 Å². The van der Waals surface area contributed by atoms with Gasteiger partial charge in [0, 0.05) is 43.4 Å². The van der Waals surface area contributed by atoms with Crippen LogP contribution in [0.3, 0.4) is 0 Å². The number of halogens is 3. The maximum absolute atomic E-state index is 13.9. The van der Waals surface area contributed by atoms with E-state index in [9.17, 15) is 52.8 Å². The minimum atomic E-state index is -4.90. The molecule has 0 saturated heterocycles. The number of primary amides is 1. The summed E-state index contributed by atoms with van der Waals surface area (Å²) in [5, 5.41) is 51.0. The summed E-state index contributed by atoms with van der Waals surface area (Å²) < 4.78 is 41.2. The van der Waals surface area contributed by atoms with Crippen LogP contribution in [0.15, 0.2) is 69.5 Å². The Morgan fingerprint density at radius 1 is 1.00 bits per heavy atom. The lowest BCUT2D eigenvalue weighted by atomic mass is 9.58. The van der Waals surface area contributed by atoms with Gasteiger partial charge in [0.2, 0.25) is 0 Å². The molecule has 8 N–H and O–H groups in total. The average molecular weight is 678 g/mol. The molecule has 0 radical (unpaired) electrons. The Balaban J connectivity index is 1.52. The van der Waals surface area contributed by atoms with Gasteiger partial charge in [0.25, 0.3) is 5.91 Å². The Kier molecular flexibility index (Phi) is 8.50. The van der Waals surface area contributed by atoms with E-state index in [1.807, 2.05) is 0 Å². The molecule has 0 spiro atoms. The van der Waals surface area contributed by atoms with E-state index in [0.29, 0.717) is 11.3 Å². The Morgan fingerprint density at radius 2 is 1.62 bits per heavy atom. The zero-order valence-corrected chi connectivity index (χ0v) is 26.2. The number of nitrogens with zero attached hydrogens (tertiary/aromatic N) is 2. The molecule has 1 aromatic rings. The summed E-state index contributed by atoms with van der Waals surface area (Å²) in [6.45, 7) is 0. The fourth-order valence-corrected chi connectivity index (χ4v) is 7.15. The number of alkyl halides is 3. The van der Waals surface area contributed by atoms with Crippen molar-refractivity contribution in [3.63, 3.8) is 0 Å². The van der Waals surface area contributed by atoms with Crippen molar-refractivity contribution in [1.29, 1.82) is 0 Å². The van der Waals surface area contributed by atoms with E-state index >= 15 is 0 Å². The van der Waals surface area contributed by atoms with Crippen molar-refractivity contribution in [2.45, 2.75) is 43.3 Å². The van der Waals surface area contributed by atoms with E-state index in [1.165, 1.54) is 19.0 Å². The van der Waals surface area contributed by atoms with Gasteiger partial charge in [-0.15, -0.1) is 13.2 Å². The molecule has 4 aliphatic carbocycles. The average Bonchev–Trinajstić information content (AvgIpc) is 2.96. The molecule has 0 bridgehead atoms. The molecule has 0 aliphatic heterocycles. The van der Waals surface area contributed by atoms with E-state index in [4.69, 9.17) is 5.73 Å². The van der Waals surface area contributed by atoms with Crippen LogP contribution in [0.4, 0.5) is 23.7 Å². The normalized spacial score (nSPS) is 27.4. The number of rotatable bonds is 6. The summed E-state index contributed by atoms with van der Waals surface area (Å²) >= 11 is 0. The number of carbonyl (C=O) groups is 4. The van der Waals surface area contributed by atoms with E-state index < -0.39 is 88.0 Å². The molecule has 258 valence electrons. The third-order valence-corrected chi connectivity index (χ3v) is 9.14. The van der Waals surface area contributed by atoms with Crippen LogP contribution in [0.1, 0.15) is 19.3 Å². The molecule has 14 nitrogen and oxygen atoms in total. The molecule has 1 unspecified atom stereocenters. The van der Waals surface area contributed by atoms with Gasteiger partial charge in [0.1, 0.15) is 28.6 Å². The molecule has 1 aromatic carbocycles.